The molecule has 3 heterocycles. The van der Waals surface area contributed by atoms with E-state index in [1.165, 1.54) is 0 Å². The maximum absolute atomic E-state index is 4.54. The molecule has 0 atom stereocenters. The number of hydrogen-bond acceptors (Lipinski definition) is 4. The van der Waals surface area contributed by atoms with Crippen LogP contribution < -0.4 is 5.32 Å². The molecule has 0 aliphatic rings. The fourth-order valence-electron chi connectivity index (χ4n) is 1.96. The highest BCUT2D eigenvalue weighted by Gasteiger charge is 2.09. The van der Waals surface area contributed by atoms with Gasteiger partial charge in [-0.2, -0.15) is 0 Å². The van der Waals surface area contributed by atoms with E-state index in [9.17, 15) is 0 Å². The first-order valence-electron chi connectivity index (χ1n) is 6.30. The van der Waals surface area contributed by atoms with Crippen LogP contribution in [0.15, 0.2) is 36.7 Å². The largest absolute Gasteiger partial charge is 0.373 e. The minimum absolute atomic E-state index is 0.660. The molecule has 0 saturated heterocycles. The lowest BCUT2D eigenvalue weighted by Crippen LogP contribution is -2.00. The molecule has 3 aromatic heterocycles. The van der Waals surface area contributed by atoms with Gasteiger partial charge in [-0.3, -0.25) is 0 Å². The van der Waals surface area contributed by atoms with Gasteiger partial charge in [0.15, 0.2) is 5.82 Å². The van der Waals surface area contributed by atoms with E-state index in [1.54, 1.807) is 0 Å². The molecule has 0 amide bonds. The average molecular weight is 253 g/mol. The van der Waals surface area contributed by atoms with Gasteiger partial charge in [-0.15, -0.1) is 0 Å². The molecule has 1 N–H and O–H groups in total. The van der Waals surface area contributed by atoms with E-state index >= 15 is 0 Å². The zero-order valence-corrected chi connectivity index (χ0v) is 11.0. The van der Waals surface area contributed by atoms with Crippen LogP contribution >= 0.6 is 0 Å². The molecule has 3 rings (SSSR count). The highest BCUT2D eigenvalue weighted by molar-refractivity contribution is 5.57. The summed E-state index contributed by atoms with van der Waals surface area (Å²) in [6.45, 7) is 2.08. The van der Waals surface area contributed by atoms with E-state index < -0.39 is 0 Å². The number of nitrogens with one attached hydrogen (secondary N) is 1. The first-order chi connectivity index (χ1) is 9.30. The summed E-state index contributed by atoms with van der Waals surface area (Å²) >= 11 is 0. The smallest absolute Gasteiger partial charge is 0.182 e. The summed E-state index contributed by atoms with van der Waals surface area (Å²) in [6.07, 6.45) is 4.79. The lowest BCUT2D eigenvalue weighted by atomic mass is 10.3. The van der Waals surface area contributed by atoms with Crippen molar-refractivity contribution in [2.45, 2.75) is 13.3 Å². The Balaban J connectivity index is 2.14. The topological polar surface area (TPSA) is 55.1 Å². The van der Waals surface area contributed by atoms with Crippen molar-refractivity contribution in [2.75, 3.05) is 12.4 Å². The Kier molecular flexibility index (Phi) is 2.87. The van der Waals surface area contributed by atoms with Gasteiger partial charge in [0.05, 0.1) is 0 Å². The number of rotatable bonds is 3. The lowest BCUT2D eigenvalue weighted by molar-refractivity contribution is 1.00. The van der Waals surface area contributed by atoms with Crippen molar-refractivity contribution >= 4 is 11.5 Å². The number of nitrogens with zero attached hydrogens (tertiary/aromatic N) is 4. The molecule has 0 aromatic carbocycles. The fraction of sp³-hybridized carbons (Fsp3) is 0.214. The van der Waals surface area contributed by atoms with Crippen LogP contribution in [-0.4, -0.2) is 26.4 Å². The molecule has 0 unspecified atom stereocenters. The summed E-state index contributed by atoms with van der Waals surface area (Å²) in [5.41, 5.74) is 2.69. The van der Waals surface area contributed by atoms with Crippen LogP contribution in [0.1, 0.15) is 12.6 Å². The maximum Gasteiger partial charge on any atom is 0.182 e. The van der Waals surface area contributed by atoms with Crippen molar-refractivity contribution in [1.29, 1.82) is 0 Å². The van der Waals surface area contributed by atoms with E-state index in [0.29, 0.717) is 5.82 Å². The van der Waals surface area contributed by atoms with Crippen LogP contribution in [0.2, 0.25) is 0 Å². The Bertz CT molecular complexity index is 661. The van der Waals surface area contributed by atoms with Crippen molar-refractivity contribution in [3.05, 3.63) is 42.4 Å². The Morgan fingerprint density at radius 1 is 1.21 bits per heavy atom. The van der Waals surface area contributed by atoms with E-state index in [-0.39, 0.29) is 0 Å². The zero-order valence-electron chi connectivity index (χ0n) is 11.0. The van der Waals surface area contributed by atoms with Gasteiger partial charge in [0.1, 0.15) is 17.2 Å². The van der Waals surface area contributed by atoms with Gasteiger partial charge < -0.3 is 9.72 Å². The first kappa shape index (κ1) is 11.6. The normalized spacial score (nSPS) is 10.8. The molecule has 5 heteroatoms. The second kappa shape index (κ2) is 4.68. The third-order valence-electron chi connectivity index (χ3n) is 2.99. The zero-order chi connectivity index (χ0) is 13.2. The molecule has 3 aromatic rings. The van der Waals surface area contributed by atoms with Crippen molar-refractivity contribution in [1.82, 2.24) is 19.4 Å². The highest BCUT2D eigenvalue weighted by Crippen LogP contribution is 2.18. The number of aromatic nitrogens is 4. The molecule has 0 aliphatic heterocycles. The third kappa shape index (κ3) is 2.14. The Labute approximate surface area is 111 Å². The first-order valence-corrected chi connectivity index (χ1v) is 6.30. The molecule has 96 valence electrons. The summed E-state index contributed by atoms with van der Waals surface area (Å²) in [5, 5.41) is 3.06. The van der Waals surface area contributed by atoms with Crippen LogP contribution in [0.5, 0.6) is 0 Å². The van der Waals surface area contributed by atoms with E-state index in [2.05, 4.69) is 27.2 Å². The summed E-state index contributed by atoms with van der Waals surface area (Å²) in [5.74, 6) is 1.48. The standard InChI is InChI=1S/C14H15N5/c1-3-10-8-12(15-2)18-14(16-10)11-9-19-7-5-4-6-13(19)17-11/h4-9H,3H2,1-2H3,(H,15,16,18). The van der Waals surface area contributed by atoms with Crippen molar-refractivity contribution < 1.29 is 0 Å². The van der Waals surface area contributed by atoms with Crippen LogP contribution in [0, 0.1) is 0 Å². The van der Waals surface area contributed by atoms with Gasteiger partial charge in [-0.1, -0.05) is 13.0 Å². The minimum atomic E-state index is 0.660. The number of pyridine rings is 1. The van der Waals surface area contributed by atoms with E-state index in [1.807, 2.05) is 48.1 Å². The predicted molar refractivity (Wildman–Crippen MR) is 75.1 cm³/mol. The van der Waals surface area contributed by atoms with Crippen LogP contribution in [0.25, 0.3) is 17.2 Å². The number of anilines is 1. The van der Waals surface area contributed by atoms with Crippen LogP contribution in [0.4, 0.5) is 5.82 Å². The lowest BCUT2D eigenvalue weighted by Gasteiger charge is -2.04. The van der Waals surface area contributed by atoms with Crippen molar-refractivity contribution in [3.8, 4) is 11.5 Å². The Morgan fingerprint density at radius 2 is 2.11 bits per heavy atom. The molecule has 0 radical (unpaired) electrons. The van der Waals surface area contributed by atoms with Crippen LogP contribution in [0.3, 0.4) is 0 Å². The minimum Gasteiger partial charge on any atom is -0.373 e. The summed E-state index contributed by atoms with van der Waals surface area (Å²) in [6, 6.07) is 7.86. The van der Waals surface area contributed by atoms with Gasteiger partial charge >= 0.3 is 0 Å². The summed E-state index contributed by atoms with van der Waals surface area (Å²) in [7, 11) is 1.86. The van der Waals surface area contributed by atoms with E-state index in [4.69, 9.17) is 0 Å². The van der Waals surface area contributed by atoms with Crippen molar-refractivity contribution in [2.24, 2.45) is 0 Å². The molecule has 0 bridgehead atoms. The number of aryl methyl sites for hydroxylation is 1. The van der Waals surface area contributed by atoms with Gasteiger partial charge in [0.2, 0.25) is 0 Å². The number of hydrogen-bond donors (Lipinski definition) is 1. The Hall–Kier alpha value is -2.43. The Morgan fingerprint density at radius 3 is 2.84 bits per heavy atom. The summed E-state index contributed by atoms with van der Waals surface area (Å²) in [4.78, 5) is 13.5. The van der Waals surface area contributed by atoms with Gasteiger partial charge in [0.25, 0.3) is 0 Å². The monoisotopic (exact) mass is 253 g/mol. The van der Waals surface area contributed by atoms with Gasteiger partial charge in [-0.05, 0) is 18.6 Å². The molecule has 19 heavy (non-hydrogen) atoms. The third-order valence-corrected chi connectivity index (χ3v) is 2.99. The number of fused-ring (bicyclic) bond motifs is 1. The predicted octanol–water partition coefficient (Wildman–Crippen LogP) is 2.40. The molecule has 0 spiro atoms. The molecule has 0 fully saturated rings. The summed E-state index contributed by atoms with van der Waals surface area (Å²) < 4.78 is 1.97. The van der Waals surface area contributed by atoms with Gasteiger partial charge in [-0.25, -0.2) is 15.0 Å². The molecule has 0 saturated carbocycles. The number of imidazole rings is 1. The quantitative estimate of drug-likeness (QED) is 0.778. The van der Waals surface area contributed by atoms with E-state index in [0.717, 1.165) is 29.3 Å². The average Bonchev–Trinajstić information content (AvgIpc) is 2.90. The van der Waals surface area contributed by atoms with Gasteiger partial charge in [0, 0.05) is 31.2 Å². The second-order valence-corrected chi connectivity index (χ2v) is 4.26. The molecular weight excluding hydrogens is 238 g/mol. The molecular formula is C14H15N5. The molecule has 0 aliphatic carbocycles. The van der Waals surface area contributed by atoms with Crippen LogP contribution in [-0.2, 0) is 6.42 Å². The second-order valence-electron chi connectivity index (χ2n) is 4.26. The fourth-order valence-corrected chi connectivity index (χ4v) is 1.96. The maximum atomic E-state index is 4.54. The molecule has 5 nitrogen and oxygen atoms in total. The highest BCUT2D eigenvalue weighted by atomic mass is 15.1. The van der Waals surface area contributed by atoms with Crippen molar-refractivity contribution in [3.63, 3.8) is 0 Å². The SMILES string of the molecule is CCc1cc(NC)nc(-c2cn3ccccc3n2)n1.